The number of nitrogens with zero attached hydrogens (tertiary/aromatic N) is 6. The molecule has 6 aromatic rings. The molecule has 0 fully saturated rings. The summed E-state index contributed by atoms with van der Waals surface area (Å²) >= 11 is 0. The molecule has 0 saturated carbocycles. The molecule has 63 heavy (non-hydrogen) atoms. The Hall–Kier alpha value is -7.65. The largest absolute Gasteiger partial charge is 0.497 e. The average Bonchev–Trinajstić information content (AvgIpc) is 3.34. The van der Waals surface area contributed by atoms with Gasteiger partial charge in [0, 0.05) is 6.21 Å². The number of rotatable bonds is 24. The highest BCUT2D eigenvalue weighted by Crippen LogP contribution is 2.25. The Morgan fingerprint density at radius 1 is 0.476 bits per heavy atom. The summed E-state index contributed by atoms with van der Waals surface area (Å²) in [4.78, 5) is 17.1. The minimum atomic E-state index is -0.342. The number of benzene rings is 6. The van der Waals surface area contributed by atoms with E-state index < -0.39 is 0 Å². The first-order valence-corrected chi connectivity index (χ1v) is 21.0. The maximum atomic E-state index is 12.6. The van der Waals surface area contributed by atoms with E-state index in [-0.39, 0.29) is 5.97 Å². The molecule has 320 valence electrons. The predicted octanol–water partition coefficient (Wildman–Crippen LogP) is 13.6. The Bertz CT molecular complexity index is 2410. The molecule has 6 aromatic carbocycles. The van der Waals surface area contributed by atoms with Crippen molar-refractivity contribution in [3.05, 3.63) is 162 Å². The van der Waals surface area contributed by atoms with E-state index in [4.69, 9.17) is 28.9 Å². The number of azo groups is 2. The number of unbranched alkanes of at least 4 members (excludes halogenated alkanes) is 5. The van der Waals surface area contributed by atoms with Crippen molar-refractivity contribution in [3.8, 4) is 29.1 Å². The molecule has 0 unspecified atom stereocenters. The van der Waals surface area contributed by atoms with E-state index in [0.717, 1.165) is 90.6 Å². The summed E-state index contributed by atoms with van der Waals surface area (Å²) in [5.74, 6) is 2.82. The fourth-order valence-electron chi connectivity index (χ4n) is 5.94. The van der Waals surface area contributed by atoms with Crippen LogP contribution in [0.4, 0.5) is 28.4 Å². The molecular weight excluding hydrogens is 793 g/mol. The normalized spacial score (nSPS) is 11.2. The molecule has 0 atom stereocenters. The van der Waals surface area contributed by atoms with Crippen molar-refractivity contribution in [2.45, 2.75) is 44.9 Å². The summed E-state index contributed by atoms with van der Waals surface area (Å²) in [5.41, 5.74) is 5.66. The van der Waals surface area contributed by atoms with Gasteiger partial charge >= 0.3 is 5.97 Å². The molecule has 0 bridgehead atoms. The number of hydrogen-bond acceptors (Lipinski definition) is 12. The van der Waals surface area contributed by atoms with Crippen LogP contribution in [0.2, 0.25) is 0 Å². The number of methoxy groups -OCH3 is 1. The number of ether oxygens (including phenoxy) is 5. The van der Waals surface area contributed by atoms with E-state index >= 15 is 0 Å². The van der Waals surface area contributed by atoms with Crippen molar-refractivity contribution in [3.63, 3.8) is 0 Å². The first-order chi connectivity index (χ1) is 31.0. The van der Waals surface area contributed by atoms with Crippen LogP contribution < -0.4 is 18.9 Å². The third kappa shape index (κ3) is 16.0. The van der Waals surface area contributed by atoms with Gasteiger partial charge in [-0.1, -0.05) is 0 Å². The highest BCUT2D eigenvalue weighted by molar-refractivity contribution is 5.90. The van der Waals surface area contributed by atoms with Crippen LogP contribution in [0, 0.1) is 11.3 Å². The van der Waals surface area contributed by atoms with Crippen molar-refractivity contribution < 1.29 is 28.5 Å². The van der Waals surface area contributed by atoms with Gasteiger partial charge in [-0.3, -0.25) is 4.99 Å². The lowest BCUT2D eigenvalue weighted by Gasteiger charge is -2.08. The average molecular weight is 843 g/mol. The Kier molecular flexibility index (Phi) is 18.0. The molecular formula is C51H50N6O6. The van der Waals surface area contributed by atoms with Gasteiger partial charge in [0.15, 0.2) is 0 Å². The van der Waals surface area contributed by atoms with Crippen molar-refractivity contribution in [1.82, 2.24) is 0 Å². The molecule has 0 heterocycles. The summed E-state index contributed by atoms with van der Waals surface area (Å²) in [6.07, 6.45) is 8.21. The third-order valence-electron chi connectivity index (χ3n) is 9.52. The fourth-order valence-corrected chi connectivity index (χ4v) is 5.94. The van der Waals surface area contributed by atoms with Crippen molar-refractivity contribution in [2.75, 3.05) is 33.5 Å². The second kappa shape index (κ2) is 25.2. The molecule has 0 aliphatic rings. The predicted molar refractivity (Wildman–Crippen MR) is 245 cm³/mol. The molecule has 0 amide bonds. The Morgan fingerprint density at radius 2 is 0.857 bits per heavy atom. The van der Waals surface area contributed by atoms with Gasteiger partial charge in [-0.05, 0) is 196 Å². The maximum absolute atomic E-state index is 12.6. The third-order valence-corrected chi connectivity index (χ3v) is 9.52. The lowest BCUT2D eigenvalue weighted by atomic mass is 10.2. The van der Waals surface area contributed by atoms with Crippen molar-refractivity contribution in [1.29, 1.82) is 5.26 Å². The minimum absolute atomic E-state index is 0.342. The molecule has 0 aliphatic heterocycles. The van der Waals surface area contributed by atoms with E-state index in [1.165, 1.54) is 0 Å². The SMILES string of the molecule is COc1ccc(N=Nc2ccc(OCCCCCOc3ccc(C=Nc4ccc(C(=O)OCCCCCCOc5ccc(N=Nc6ccc(C#N)cc6)cc5)cc4)cc3)cc2)cc1. The summed E-state index contributed by atoms with van der Waals surface area (Å²) in [6.45, 7) is 2.22. The number of nitriles is 1. The maximum Gasteiger partial charge on any atom is 0.338 e. The lowest BCUT2D eigenvalue weighted by molar-refractivity contribution is 0.0497. The number of aliphatic imine (C=N–C) groups is 1. The Labute approximate surface area is 368 Å². The summed E-state index contributed by atoms with van der Waals surface area (Å²) in [5, 5.41) is 25.9. The van der Waals surface area contributed by atoms with Crippen molar-refractivity contribution in [2.24, 2.45) is 25.4 Å². The highest BCUT2D eigenvalue weighted by atomic mass is 16.5. The van der Waals surface area contributed by atoms with Gasteiger partial charge in [0.25, 0.3) is 0 Å². The highest BCUT2D eigenvalue weighted by Gasteiger charge is 2.07. The summed E-state index contributed by atoms with van der Waals surface area (Å²) < 4.78 is 28.3. The van der Waals surface area contributed by atoms with Gasteiger partial charge in [0.2, 0.25) is 0 Å². The standard InChI is InChI=1S/C51H50N6O6/c1-59-47-27-19-44(20-28-47)55-57-46-23-31-50(32-24-46)62-35-8-4-7-34-60-48-25-11-40(12-26-48)38-53-42-17-13-41(14-18-42)51(58)63-36-6-3-2-5-33-61-49-29-21-45(22-30-49)56-54-43-15-9-39(37-52)10-16-43/h9-32,38H,2-8,33-36H2,1H3. The van der Waals surface area contributed by atoms with Crippen LogP contribution in [0.5, 0.6) is 23.0 Å². The number of esters is 1. The lowest BCUT2D eigenvalue weighted by Crippen LogP contribution is -2.06. The van der Waals surface area contributed by atoms with E-state index in [2.05, 4.69) is 31.5 Å². The van der Waals surface area contributed by atoms with Crippen LogP contribution in [0.25, 0.3) is 0 Å². The second-order valence-electron chi connectivity index (χ2n) is 14.3. The van der Waals surface area contributed by atoms with Crippen LogP contribution in [-0.2, 0) is 4.74 Å². The molecule has 0 aliphatic carbocycles. The Balaban J connectivity index is 0.771. The quantitative estimate of drug-likeness (QED) is 0.0255. The van der Waals surface area contributed by atoms with E-state index in [0.29, 0.717) is 48.9 Å². The first kappa shape index (κ1) is 44.9. The topological polar surface area (TPSA) is 149 Å². The smallest absolute Gasteiger partial charge is 0.338 e. The number of carbonyl (C=O) groups excluding carboxylic acids is 1. The molecule has 12 nitrogen and oxygen atoms in total. The van der Waals surface area contributed by atoms with E-state index in [1.807, 2.05) is 97.1 Å². The van der Waals surface area contributed by atoms with E-state index in [1.54, 1.807) is 61.9 Å². The van der Waals surface area contributed by atoms with Crippen LogP contribution >= 0.6 is 0 Å². The summed E-state index contributed by atoms with van der Waals surface area (Å²) in [7, 11) is 1.63. The molecule has 0 radical (unpaired) electrons. The Morgan fingerprint density at radius 3 is 1.30 bits per heavy atom. The molecule has 12 heteroatoms. The minimum Gasteiger partial charge on any atom is -0.497 e. The zero-order chi connectivity index (χ0) is 43.7. The van der Waals surface area contributed by atoms with Gasteiger partial charge < -0.3 is 23.7 Å². The van der Waals surface area contributed by atoms with Crippen LogP contribution in [0.3, 0.4) is 0 Å². The zero-order valence-corrected chi connectivity index (χ0v) is 35.3. The van der Waals surface area contributed by atoms with Crippen LogP contribution in [0.1, 0.15) is 66.4 Å². The molecule has 0 N–H and O–H groups in total. The van der Waals surface area contributed by atoms with Gasteiger partial charge in [0.1, 0.15) is 23.0 Å². The van der Waals surface area contributed by atoms with Gasteiger partial charge in [-0.2, -0.15) is 25.7 Å². The number of hydrogen-bond donors (Lipinski definition) is 0. The first-order valence-electron chi connectivity index (χ1n) is 21.0. The molecule has 0 saturated heterocycles. The zero-order valence-electron chi connectivity index (χ0n) is 35.3. The number of carbonyl (C=O) groups is 1. The van der Waals surface area contributed by atoms with Gasteiger partial charge in [-0.15, -0.1) is 0 Å². The molecule has 0 aromatic heterocycles. The van der Waals surface area contributed by atoms with Crippen LogP contribution in [-0.4, -0.2) is 45.7 Å². The molecule has 0 spiro atoms. The van der Waals surface area contributed by atoms with E-state index in [9.17, 15) is 4.79 Å². The monoisotopic (exact) mass is 842 g/mol. The fraction of sp³-hybridized carbons (Fsp3) is 0.235. The van der Waals surface area contributed by atoms with Gasteiger partial charge in [0.05, 0.1) is 79.2 Å². The molecule has 6 rings (SSSR count). The van der Waals surface area contributed by atoms with Crippen LogP contribution in [0.15, 0.2) is 171 Å². The van der Waals surface area contributed by atoms with Gasteiger partial charge in [-0.25, -0.2) is 4.79 Å². The second-order valence-corrected chi connectivity index (χ2v) is 14.3. The summed E-state index contributed by atoms with van der Waals surface area (Å²) in [6, 6.07) is 46.3. The van der Waals surface area contributed by atoms with Crippen molar-refractivity contribution >= 4 is 40.6 Å².